The van der Waals surface area contributed by atoms with Gasteiger partial charge in [0, 0.05) is 5.56 Å². The lowest BCUT2D eigenvalue weighted by Gasteiger charge is -2.31. The third-order valence-electron chi connectivity index (χ3n) is 4.13. The molecule has 0 heterocycles. The van der Waals surface area contributed by atoms with E-state index >= 15 is 0 Å². The van der Waals surface area contributed by atoms with Gasteiger partial charge in [0.1, 0.15) is 0 Å². The number of aryl methyl sites for hydroxylation is 1. The quantitative estimate of drug-likeness (QED) is 0.311. The molecule has 28 heavy (non-hydrogen) atoms. The molecule has 150 valence electrons. The van der Waals surface area contributed by atoms with Gasteiger partial charge in [-0.15, -0.1) is 0 Å². The summed E-state index contributed by atoms with van der Waals surface area (Å²) in [5, 5.41) is 19.4. The van der Waals surface area contributed by atoms with Crippen LogP contribution in [0, 0.1) is 12.7 Å². The largest absolute Gasteiger partial charge is 0.478 e. The lowest BCUT2D eigenvalue weighted by molar-refractivity contribution is -0.264. The third-order valence-corrected chi connectivity index (χ3v) is 5.28. The van der Waals surface area contributed by atoms with Crippen LogP contribution in [0.15, 0.2) is 39.3 Å². The second-order valence-corrected chi connectivity index (χ2v) is 7.76. The van der Waals surface area contributed by atoms with Crippen LogP contribution in [-0.2, 0) is 5.60 Å². The summed E-state index contributed by atoms with van der Waals surface area (Å²) >= 11 is 5.55. The summed E-state index contributed by atoms with van der Waals surface area (Å²) in [7, 11) is 0. The van der Waals surface area contributed by atoms with E-state index in [0.717, 1.165) is 30.3 Å². The van der Waals surface area contributed by atoms with E-state index in [1.165, 1.54) is 6.92 Å². The zero-order chi connectivity index (χ0) is 21.4. The highest BCUT2D eigenvalue weighted by Crippen LogP contribution is 2.44. The number of benzene rings is 2. The minimum absolute atomic E-state index is 0.103. The molecule has 2 aromatic carbocycles. The SMILES string of the molecule is Cc1cc(C(=O)CC(O)(c2cc(Br)c(F)c(Br)c2)C(F)(F)F)ccc1C(=O)O. The number of aromatic carboxylic acids is 1. The van der Waals surface area contributed by atoms with Crippen molar-refractivity contribution in [1.29, 1.82) is 0 Å². The molecule has 2 N–H and O–H groups in total. The van der Waals surface area contributed by atoms with Gasteiger partial charge in [-0.3, -0.25) is 4.79 Å². The van der Waals surface area contributed by atoms with E-state index in [0.29, 0.717) is 0 Å². The Morgan fingerprint density at radius 1 is 1.07 bits per heavy atom. The van der Waals surface area contributed by atoms with Crippen LogP contribution in [0.5, 0.6) is 0 Å². The van der Waals surface area contributed by atoms with Crippen molar-refractivity contribution < 1.29 is 37.4 Å². The maximum absolute atomic E-state index is 13.7. The van der Waals surface area contributed by atoms with Crippen LogP contribution >= 0.6 is 31.9 Å². The fraction of sp³-hybridized carbons (Fsp3) is 0.222. The van der Waals surface area contributed by atoms with Gasteiger partial charge >= 0.3 is 12.1 Å². The molecule has 0 saturated carbocycles. The van der Waals surface area contributed by atoms with Gasteiger partial charge in [-0.25, -0.2) is 9.18 Å². The molecule has 0 aliphatic heterocycles. The molecule has 0 aliphatic rings. The van der Waals surface area contributed by atoms with Gasteiger partial charge in [0.15, 0.2) is 17.2 Å². The third kappa shape index (κ3) is 4.28. The van der Waals surface area contributed by atoms with E-state index in [9.17, 15) is 32.3 Å². The molecule has 4 nitrogen and oxygen atoms in total. The number of Topliss-reactive ketones (excluding diaryl/α,β-unsaturated/α-hetero) is 1. The first-order chi connectivity index (χ1) is 12.8. The number of carbonyl (C=O) groups is 2. The number of rotatable bonds is 5. The van der Waals surface area contributed by atoms with Crippen molar-refractivity contribution in [3.8, 4) is 0 Å². The normalized spacial score (nSPS) is 13.9. The Kier molecular flexibility index (Phi) is 6.37. The molecule has 0 bridgehead atoms. The second-order valence-electron chi connectivity index (χ2n) is 6.05. The molecule has 0 aliphatic carbocycles. The Labute approximate surface area is 173 Å². The molecule has 0 amide bonds. The molecule has 2 aromatic rings. The lowest BCUT2D eigenvalue weighted by Crippen LogP contribution is -2.44. The average molecular weight is 528 g/mol. The molecule has 0 spiro atoms. The Balaban J connectivity index is 2.49. The van der Waals surface area contributed by atoms with Crippen molar-refractivity contribution in [3.63, 3.8) is 0 Å². The molecule has 0 fully saturated rings. The van der Waals surface area contributed by atoms with Crippen LogP contribution in [0.4, 0.5) is 17.6 Å². The van der Waals surface area contributed by atoms with Crippen LogP contribution in [-0.4, -0.2) is 28.1 Å². The molecular formula is C18H12Br2F4O4. The van der Waals surface area contributed by atoms with Crippen molar-refractivity contribution in [3.05, 3.63) is 67.3 Å². The maximum atomic E-state index is 13.7. The van der Waals surface area contributed by atoms with Gasteiger partial charge in [-0.2, -0.15) is 13.2 Å². The standard InChI is InChI=1S/C18H12Br2F4O4/c1-8-4-9(2-3-11(8)16(26)27)14(25)7-17(28,18(22,23)24)10-5-12(19)15(21)13(20)6-10/h2-6,28H,7H2,1H3,(H,26,27). The summed E-state index contributed by atoms with van der Waals surface area (Å²) < 4.78 is 54.1. The number of halogens is 6. The van der Waals surface area contributed by atoms with E-state index < -0.39 is 41.3 Å². The Bertz CT molecular complexity index is 936. The summed E-state index contributed by atoms with van der Waals surface area (Å²) in [4.78, 5) is 23.5. The van der Waals surface area contributed by atoms with E-state index in [2.05, 4.69) is 31.9 Å². The molecule has 2 rings (SSSR count). The van der Waals surface area contributed by atoms with Crippen molar-refractivity contribution in [1.82, 2.24) is 0 Å². The summed E-state index contributed by atoms with van der Waals surface area (Å²) in [6.07, 6.45) is -6.61. The first kappa shape index (κ1) is 22.5. The van der Waals surface area contributed by atoms with Crippen molar-refractivity contribution >= 4 is 43.6 Å². The van der Waals surface area contributed by atoms with Crippen molar-refractivity contribution in [2.45, 2.75) is 25.1 Å². The molecular weight excluding hydrogens is 516 g/mol. The Morgan fingerprint density at radius 2 is 1.61 bits per heavy atom. The number of alkyl halides is 3. The van der Waals surface area contributed by atoms with Crippen molar-refractivity contribution in [2.24, 2.45) is 0 Å². The fourth-order valence-electron chi connectivity index (χ4n) is 2.57. The average Bonchev–Trinajstić information content (AvgIpc) is 2.57. The van der Waals surface area contributed by atoms with Gasteiger partial charge < -0.3 is 10.2 Å². The van der Waals surface area contributed by atoms with E-state index in [4.69, 9.17) is 5.11 Å². The number of carboxylic acid groups (broad SMARTS) is 1. The smallest absolute Gasteiger partial charge is 0.421 e. The number of carbonyl (C=O) groups excluding carboxylic acids is 1. The lowest BCUT2D eigenvalue weighted by atomic mass is 9.86. The summed E-state index contributed by atoms with van der Waals surface area (Å²) in [5.74, 6) is -3.17. The van der Waals surface area contributed by atoms with E-state index in [-0.39, 0.29) is 25.6 Å². The number of ketones is 1. The number of aliphatic hydroxyl groups is 1. The van der Waals surface area contributed by atoms with Gasteiger partial charge in [0.25, 0.3) is 0 Å². The number of hydrogen-bond donors (Lipinski definition) is 2. The fourth-order valence-corrected chi connectivity index (χ4v) is 3.76. The minimum atomic E-state index is -5.24. The van der Waals surface area contributed by atoms with Crippen LogP contribution < -0.4 is 0 Å². The maximum Gasteiger partial charge on any atom is 0.421 e. The zero-order valence-electron chi connectivity index (χ0n) is 14.1. The minimum Gasteiger partial charge on any atom is -0.478 e. The van der Waals surface area contributed by atoms with Gasteiger partial charge in [0.05, 0.1) is 20.9 Å². The van der Waals surface area contributed by atoms with Gasteiger partial charge in [0.2, 0.25) is 0 Å². The summed E-state index contributed by atoms with van der Waals surface area (Å²) in [5.41, 5.74) is -4.42. The summed E-state index contributed by atoms with van der Waals surface area (Å²) in [6, 6.07) is 4.81. The topological polar surface area (TPSA) is 74.6 Å². The van der Waals surface area contributed by atoms with Gasteiger partial charge in [-0.05, 0) is 74.2 Å². The Hall–Kier alpha value is -1.78. The Morgan fingerprint density at radius 3 is 2.04 bits per heavy atom. The highest BCUT2D eigenvalue weighted by molar-refractivity contribution is 9.11. The monoisotopic (exact) mass is 526 g/mol. The molecule has 0 radical (unpaired) electrons. The molecule has 1 unspecified atom stereocenters. The molecule has 10 heteroatoms. The predicted molar refractivity (Wildman–Crippen MR) is 98.8 cm³/mol. The predicted octanol–water partition coefficient (Wildman–Crippen LogP) is 5.38. The van der Waals surface area contributed by atoms with Crippen LogP contribution in [0.1, 0.15) is 38.3 Å². The van der Waals surface area contributed by atoms with Crippen LogP contribution in [0.25, 0.3) is 0 Å². The zero-order valence-corrected chi connectivity index (χ0v) is 17.2. The first-order valence-corrected chi connectivity index (χ1v) is 9.18. The molecule has 1 atom stereocenters. The van der Waals surface area contributed by atoms with E-state index in [1.807, 2.05) is 0 Å². The molecule has 0 aromatic heterocycles. The van der Waals surface area contributed by atoms with Crippen LogP contribution in [0.2, 0.25) is 0 Å². The number of hydrogen-bond acceptors (Lipinski definition) is 3. The first-order valence-electron chi connectivity index (χ1n) is 7.59. The van der Waals surface area contributed by atoms with E-state index in [1.54, 1.807) is 0 Å². The highest BCUT2D eigenvalue weighted by Gasteiger charge is 2.56. The van der Waals surface area contributed by atoms with Gasteiger partial charge in [-0.1, -0.05) is 6.07 Å². The second kappa shape index (κ2) is 7.92. The van der Waals surface area contributed by atoms with Crippen molar-refractivity contribution in [2.75, 3.05) is 0 Å². The van der Waals surface area contributed by atoms with Crippen LogP contribution in [0.3, 0.4) is 0 Å². The summed E-state index contributed by atoms with van der Waals surface area (Å²) in [6.45, 7) is 1.39. The highest BCUT2D eigenvalue weighted by atomic mass is 79.9. The molecule has 0 saturated heterocycles. The number of carboxylic acids is 1.